The van der Waals surface area contributed by atoms with E-state index in [1.807, 2.05) is 36.3 Å². The maximum absolute atomic E-state index is 12.2. The summed E-state index contributed by atoms with van der Waals surface area (Å²) in [6.07, 6.45) is 8.59. The Morgan fingerprint density at radius 3 is 2.79 bits per heavy atom. The first-order valence-corrected chi connectivity index (χ1v) is 6.49. The Morgan fingerprint density at radius 1 is 1.42 bits per heavy atom. The van der Waals surface area contributed by atoms with E-state index in [9.17, 15) is 4.79 Å². The van der Waals surface area contributed by atoms with Gasteiger partial charge in [-0.3, -0.25) is 4.79 Å². The van der Waals surface area contributed by atoms with Gasteiger partial charge in [0.1, 0.15) is 0 Å². The minimum atomic E-state index is 0.0456. The summed E-state index contributed by atoms with van der Waals surface area (Å²) in [5.74, 6) is 0.761. The van der Waals surface area contributed by atoms with Gasteiger partial charge in [-0.2, -0.15) is 5.10 Å². The molecular formula is C14H16N4O. The first-order chi connectivity index (χ1) is 9.25. The predicted octanol–water partition coefficient (Wildman–Crippen LogP) is 1.89. The Hall–Kier alpha value is -2.17. The zero-order chi connectivity index (χ0) is 13.2. The number of hydrogen-bond donors (Lipinski definition) is 0. The van der Waals surface area contributed by atoms with E-state index in [4.69, 9.17) is 0 Å². The average Bonchev–Trinajstić information content (AvgIpc) is 2.90. The molecule has 0 bridgehead atoms. The molecular weight excluding hydrogens is 240 g/mol. The molecule has 2 heterocycles. The summed E-state index contributed by atoms with van der Waals surface area (Å²) in [6.45, 7) is 0. The first kappa shape index (κ1) is 11.9. The van der Waals surface area contributed by atoms with Gasteiger partial charge in [-0.25, -0.2) is 9.67 Å². The van der Waals surface area contributed by atoms with Gasteiger partial charge < -0.3 is 4.90 Å². The second-order valence-corrected chi connectivity index (χ2v) is 4.86. The predicted molar refractivity (Wildman–Crippen MR) is 71.1 cm³/mol. The Kier molecular flexibility index (Phi) is 3.03. The molecule has 1 amide bonds. The highest BCUT2D eigenvalue weighted by atomic mass is 16.2. The Morgan fingerprint density at radius 2 is 2.26 bits per heavy atom. The summed E-state index contributed by atoms with van der Waals surface area (Å²) in [5, 5.41) is 4.11. The lowest BCUT2D eigenvalue weighted by atomic mass is 9.91. The van der Waals surface area contributed by atoms with Crippen molar-refractivity contribution in [1.82, 2.24) is 19.7 Å². The fourth-order valence-corrected chi connectivity index (χ4v) is 2.20. The van der Waals surface area contributed by atoms with E-state index in [2.05, 4.69) is 10.1 Å². The number of amides is 1. The molecule has 1 aliphatic carbocycles. The molecule has 0 aliphatic heterocycles. The zero-order valence-corrected chi connectivity index (χ0v) is 10.9. The smallest absolute Gasteiger partial charge is 0.255 e. The number of carbonyl (C=O) groups is 1. The SMILES string of the molecule is CN(C(=O)c1ccc(-n2cccn2)nc1)C1CCC1. The van der Waals surface area contributed by atoms with Crippen molar-refractivity contribution in [2.75, 3.05) is 7.05 Å². The van der Waals surface area contributed by atoms with Crippen LogP contribution in [-0.4, -0.2) is 38.7 Å². The van der Waals surface area contributed by atoms with Crippen molar-refractivity contribution in [3.8, 4) is 5.82 Å². The molecule has 1 saturated carbocycles. The molecule has 2 aromatic rings. The molecule has 0 saturated heterocycles. The van der Waals surface area contributed by atoms with E-state index in [1.165, 1.54) is 6.42 Å². The van der Waals surface area contributed by atoms with Crippen LogP contribution in [0.3, 0.4) is 0 Å². The summed E-state index contributed by atoms with van der Waals surface area (Å²) < 4.78 is 1.67. The minimum absolute atomic E-state index is 0.0456. The van der Waals surface area contributed by atoms with E-state index < -0.39 is 0 Å². The van der Waals surface area contributed by atoms with Crippen LogP contribution < -0.4 is 0 Å². The van der Waals surface area contributed by atoms with Crippen LogP contribution in [0.15, 0.2) is 36.8 Å². The molecule has 0 aromatic carbocycles. The van der Waals surface area contributed by atoms with Gasteiger partial charge in [-0.05, 0) is 37.5 Å². The molecule has 2 aromatic heterocycles. The van der Waals surface area contributed by atoms with Crippen LogP contribution in [0.1, 0.15) is 29.6 Å². The second kappa shape index (κ2) is 4.84. The highest BCUT2D eigenvalue weighted by Crippen LogP contribution is 2.24. The van der Waals surface area contributed by atoms with Crippen molar-refractivity contribution in [3.63, 3.8) is 0 Å². The topological polar surface area (TPSA) is 51.0 Å². The van der Waals surface area contributed by atoms with Crippen LogP contribution in [0.25, 0.3) is 5.82 Å². The van der Waals surface area contributed by atoms with E-state index >= 15 is 0 Å². The van der Waals surface area contributed by atoms with Crippen LogP contribution in [0.2, 0.25) is 0 Å². The van der Waals surface area contributed by atoms with Gasteiger partial charge in [-0.15, -0.1) is 0 Å². The van der Waals surface area contributed by atoms with Crippen molar-refractivity contribution in [2.24, 2.45) is 0 Å². The normalized spacial score (nSPS) is 15.0. The molecule has 5 heteroatoms. The van der Waals surface area contributed by atoms with Crippen LogP contribution in [-0.2, 0) is 0 Å². The lowest BCUT2D eigenvalue weighted by Crippen LogP contribution is -2.41. The number of aromatic nitrogens is 3. The molecule has 0 radical (unpaired) electrons. The maximum atomic E-state index is 12.2. The van der Waals surface area contributed by atoms with Crippen LogP contribution >= 0.6 is 0 Å². The fourth-order valence-electron chi connectivity index (χ4n) is 2.20. The zero-order valence-electron chi connectivity index (χ0n) is 10.9. The maximum Gasteiger partial charge on any atom is 0.255 e. The third-order valence-corrected chi connectivity index (χ3v) is 3.68. The van der Waals surface area contributed by atoms with E-state index in [0.717, 1.165) is 12.8 Å². The Balaban J connectivity index is 1.76. The lowest BCUT2D eigenvalue weighted by Gasteiger charge is -2.34. The summed E-state index contributed by atoms with van der Waals surface area (Å²) in [6, 6.07) is 5.86. The summed E-state index contributed by atoms with van der Waals surface area (Å²) >= 11 is 0. The monoisotopic (exact) mass is 256 g/mol. The molecule has 0 spiro atoms. The van der Waals surface area contributed by atoms with Crippen molar-refractivity contribution < 1.29 is 4.79 Å². The fraction of sp³-hybridized carbons (Fsp3) is 0.357. The standard InChI is InChI=1S/C14H16N4O/c1-17(12-4-2-5-12)14(19)11-6-7-13(15-10-11)18-9-3-8-16-18/h3,6-10,12H,2,4-5H2,1H3. The van der Waals surface area contributed by atoms with E-state index in [1.54, 1.807) is 17.1 Å². The van der Waals surface area contributed by atoms with E-state index in [0.29, 0.717) is 17.4 Å². The first-order valence-electron chi connectivity index (χ1n) is 6.49. The molecule has 0 unspecified atom stereocenters. The van der Waals surface area contributed by atoms with E-state index in [-0.39, 0.29) is 5.91 Å². The molecule has 3 rings (SSSR count). The van der Waals surface area contributed by atoms with Crippen molar-refractivity contribution in [2.45, 2.75) is 25.3 Å². The number of pyridine rings is 1. The minimum Gasteiger partial charge on any atom is -0.339 e. The van der Waals surface area contributed by atoms with Gasteiger partial charge in [0.05, 0.1) is 5.56 Å². The highest BCUT2D eigenvalue weighted by Gasteiger charge is 2.26. The van der Waals surface area contributed by atoms with Gasteiger partial charge >= 0.3 is 0 Å². The summed E-state index contributed by atoms with van der Waals surface area (Å²) in [5.41, 5.74) is 0.630. The number of carbonyl (C=O) groups excluding carboxylic acids is 1. The van der Waals surface area contributed by atoms with Crippen LogP contribution in [0, 0.1) is 0 Å². The number of nitrogens with zero attached hydrogens (tertiary/aromatic N) is 4. The Labute approximate surface area is 111 Å². The summed E-state index contributed by atoms with van der Waals surface area (Å²) in [7, 11) is 1.87. The molecule has 0 N–H and O–H groups in total. The molecule has 1 fully saturated rings. The highest BCUT2D eigenvalue weighted by molar-refractivity contribution is 5.94. The van der Waals surface area contributed by atoms with Gasteiger partial charge in [0.2, 0.25) is 0 Å². The van der Waals surface area contributed by atoms with Gasteiger partial charge in [0, 0.05) is 31.7 Å². The van der Waals surface area contributed by atoms with Crippen molar-refractivity contribution in [1.29, 1.82) is 0 Å². The van der Waals surface area contributed by atoms with Crippen LogP contribution in [0.5, 0.6) is 0 Å². The van der Waals surface area contributed by atoms with Gasteiger partial charge in [0.15, 0.2) is 5.82 Å². The van der Waals surface area contributed by atoms with Gasteiger partial charge in [0.25, 0.3) is 5.91 Å². The average molecular weight is 256 g/mol. The van der Waals surface area contributed by atoms with Crippen molar-refractivity contribution >= 4 is 5.91 Å². The number of rotatable bonds is 3. The number of hydrogen-bond acceptors (Lipinski definition) is 3. The molecule has 19 heavy (non-hydrogen) atoms. The van der Waals surface area contributed by atoms with Crippen molar-refractivity contribution in [3.05, 3.63) is 42.4 Å². The second-order valence-electron chi connectivity index (χ2n) is 4.86. The molecule has 5 nitrogen and oxygen atoms in total. The summed E-state index contributed by atoms with van der Waals surface area (Å²) in [4.78, 5) is 18.3. The molecule has 98 valence electrons. The largest absolute Gasteiger partial charge is 0.339 e. The molecule has 0 atom stereocenters. The third-order valence-electron chi connectivity index (χ3n) is 3.68. The Bertz CT molecular complexity index is 558. The molecule has 1 aliphatic rings. The quantitative estimate of drug-likeness (QED) is 0.842. The van der Waals surface area contributed by atoms with Gasteiger partial charge in [-0.1, -0.05) is 0 Å². The lowest BCUT2D eigenvalue weighted by molar-refractivity contribution is 0.0651. The van der Waals surface area contributed by atoms with Crippen LogP contribution in [0.4, 0.5) is 0 Å². The third kappa shape index (κ3) is 2.23.